The molecule has 0 aliphatic heterocycles. The maximum absolute atomic E-state index is 14.0. The van der Waals surface area contributed by atoms with Gasteiger partial charge >= 0.3 is 6.36 Å². The third-order valence-corrected chi connectivity index (χ3v) is 5.67. The third kappa shape index (κ3) is 8.70. The Morgan fingerprint density at radius 1 is 0.905 bits per heavy atom. The van der Waals surface area contributed by atoms with E-state index >= 15 is 0 Å². The van der Waals surface area contributed by atoms with Gasteiger partial charge in [0.1, 0.15) is 23.1 Å². The first-order valence-corrected chi connectivity index (χ1v) is 12.3. The summed E-state index contributed by atoms with van der Waals surface area (Å²) in [5.41, 5.74) is -0.141. The van der Waals surface area contributed by atoms with Gasteiger partial charge in [0.15, 0.2) is 11.5 Å². The van der Waals surface area contributed by atoms with Gasteiger partial charge in [-0.3, -0.25) is 19.0 Å². The predicted molar refractivity (Wildman–Crippen MR) is 134 cm³/mol. The summed E-state index contributed by atoms with van der Waals surface area (Å²) < 4.78 is 71.6. The summed E-state index contributed by atoms with van der Waals surface area (Å²) in [5, 5.41) is 29.7. The van der Waals surface area contributed by atoms with E-state index in [0.29, 0.717) is 25.9 Å². The number of rotatable bonds is 12. The van der Waals surface area contributed by atoms with Crippen molar-refractivity contribution in [1.29, 1.82) is 0 Å². The van der Waals surface area contributed by atoms with E-state index in [1.165, 1.54) is 33.9 Å². The molecule has 0 radical (unpaired) electrons. The number of carbonyl (C=O) groups excluding carboxylic acids is 2. The molecule has 4 aromatic rings. The summed E-state index contributed by atoms with van der Waals surface area (Å²) >= 11 is 0. The number of aryl methyl sites for hydroxylation is 2. The van der Waals surface area contributed by atoms with E-state index < -0.39 is 42.0 Å². The number of benzene rings is 2. The second-order valence-electron chi connectivity index (χ2n) is 8.93. The minimum absolute atomic E-state index is 0.0340. The zero-order valence-corrected chi connectivity index (χ0v) is 21.6. The van der Waals surface area contributed by atoms with Crippen molar-refractivity contribution < 1.29 is 41.4 Å². The molecule has 0 aliphatic carbocycles. The molecule has 0 spiro atoms. The fraction of sp³-hybridized carbons (Fsp3) is 0.280. The van der Waals surface area contributed by atoms with Gasteiger partial charge in [-0.2, -0.15) is 0 Å². The molecule has 0 saturated heterocycles. The van der Waals surface area contributed by atoms with Gasteiger partial charge in [0.05, 0.1) is 18.8 Å². The Labute approximate surface area is 234 Å². The van der Waals surface area contributed by atoms with Gasteiger partial charge in [-0.15, -0.1) is 23.4 Å². The number of aromatic hydroxyl groups is 1. The number of aromatic nitrogens is 6. The molecular weight excluding hydrogens is 571 g/mol. The van der Waals surface area contributed by atoms with Crippen LogP contribution in [0.3, 0.4) is 0 Å². The zero-order chi connectivity index (χ0) is 30.3. The Balaban J connectivity index is 1.19. The fourth-order valence-electron chi connectivity index (χ4n) is 3.73. The molecule has 17 heteroatoms. The normalized spacial score (nSPS) is 11.4. The minimum Gasteiger partial charge on any atom is -0.508 e. The van der Waals surface area contributed by atoms with E-state index in [0.717, 1.165) is 24.3 Å². The van der Waals surface area contributed by atoms with E-state index in [-0.39, 0.29) is 34.9 Å². The molecule has 2 aromatic carbocycles. The lowest BCUT2D eigenvalue weighted by Crippen LogP contribution is -2.23. The van der Waals surface area contributed by atoms with Crippen LogP contribution in [0, 0.1) is 11.6 Å². The van der Waals surface area contributed by atoms with E-state index in [2.05, 4.69) is 36.0 Å². The quantitative estimate of drug-likeness (QED) is 0.167. The van der Waals surface area contributed by atoms with Crippen LogP contribution in [0.4, 0.5) is 27.8 Å². The summed E-state index contributed by atoms with van der Waals surface area (Å²) in [7, 11) is 0. The lowest BCUT2D eigenvalue weighted by molar-refractivity contribution is -0.274. The number of hydrogen-bond acceptors (Lipinski definition) is 8. The Bertz CT molecular complexity index is 1560. The number of unbranched alkanes of at least 4 members (excludes halogenated alkanes) is 1. The summed E-state index contributed by atoms with van der Waals surface area (Å²) in [5.74, 6) is -3.43. The highest BCUT2D eigenvalue weighted by Gasteiger charge is 2.31. The maximum Gasteiger partial charge on any atom is 0.573 e. The largest absolute Gasteiger partial charge is 0.573 e. The van der Waals surface area contributed by atoms with Crippen molar-refractivity contribution in [2.24, 2.45) is 0 Å². The van der Waals surface area contributed by atoms with Gasteiger partial charge in [-0.25, -0.2) is 8.78 Å². The number of phenols is 1. The molecule has 4 rings (SSSR count). The van der Waals surface area contributed by atoms with Crippen LogP contribution in [-0.2, 0) is 30.8 Å². The lowest BCUT2D eigenvalue weighted by atomic mass is 10.1. The van der Waals surface area contributed by atoms with Crippen LogP contribution in [0.25, 0.3) is 0 Å². The van der Waals surface area contributed by atoms with Crippen LogP contribution in [0.15, 0.2) is 48.8 Å². The number of nitrogens with one attached hydrogen (secondary N) is 2. The smallest absolute Gasteiger partial charge is 0.508 e. The monoisotopic (exact) mass is 594 g/mol. The van der Waals surface area contributed by atoms with Crippen molar-refractivity contribution in [2.45, 2.75) is 45.3 Å². The molecule has 0 saturated carbocycles. The highest BCUT2D eigenvalue weighted by Crippen LogP contribution is 2.25. The Morgan fingerprint density at radius 3 is 2.31 bits per heavy atom. The van der Waals surface area contributed by atoms with Crippen LogP contribution < -0.4 is 15.4 Å². The Hall–Kier alpha value is -5.09. The number of halogens is 5. The summed E-state index contributed by atoms with van der Waals surface area (Å²) in [4.78, 5) is 24.5. The molecule has 0 atom stereocenters. The number of phenolic OH excluding ortho intramolecular Hbond substituents is 1. The maximum atomic E-state index is 14.0. The lowest BCUT2D eigenvalue weighted by Gasteiger charge is -2.10. The molecular formula is C25H23F5N8O4. The Morgan fingerprint density at radius 2 is 1.57 bits per heavy atom. The molecule has 0 unspecified atom stereocenters. The summed E-state index contributed by atoms with van der Waals surface area (Å²) in [6, 6.07) is 5.87. The number of carbonyl (C=O) groups is 2. The third-order valence-electron chi connectivity index (χ3n) is 5.67. The van der Waals surface area contributed by atoms with E-state index in [1.807, 2.05) is 0 Å². The molecule has 0 bridgehead atoms. The topological polar surface area (TPSA) is 149 Å². The van der Waals surface area contributed by atoms with E-state index in [9.17, 15) is 36.6 Å². The van der Waals surface area contributed by atoms with Crippen LogP contribution in [0.2, 0.25) is 0 Å². The van der Waals surface area contributed by atoms with E-state index in [1.54, 1.807) is 0 Å². The average molecular weight is 595 g/mol. The fourth-order valence-corrected chi connectivity index (χ4v) is 3.73. The van der Waals surface area contributed by atoms with Crippen molar-refractivity contribution in [3.63, 3.8) is 0 Å². The molecule has 42 heavy (non-hydrogen) atoms. The van der Waals surface area contributed by atoms with E-state index in [4.69, 9.17) is 0 Å². The molecule has 0 fully saturated rings. The molecule has 2 heterocycles. The molecule has 3 N–H and O–H groups in total. The van der Waals surface area contributed by atoms with Crippen molar-refractivity contribution in [1.82, 2.24) is 35.3 Å². The minimum atomic E-state index is -4.96. The summed E-state index contributed by atoms with van der Waals surface area (Å²) in [6.45, 7) is 0.682. The number of anilines is 1. The molecule has 2 aromatic heterocycles. The van der Waals surface area contributed by atoms with Crippen molar-refractivity contribution in [3.8, 4) is 11.5 Å². The first-order chi connectivity index (χ1) is 19.9. The SMILES string of the molecule is O=C(Cc1cc(OC(F)(F)F)ccc1F)Nc1cn(CCCCn2cc(C(=O)NCc3cc(O)ccc3F)nn2)nn1. The first kappa shape index (κ1) is 29.9. The first-order valence-electron chi connectivity index (χ1n) is 12.3. The van der Waals surface area contributed by atoms with Crippen LogP contribution >= 0.6 is 0 Å². The van der Waals surface area contributed by atoms with Gasteiger partial charge in [0.2, 0.25) is 5.91 Å². The second kappa shape index (κ2) is 13.0. The van der Waals surface area contributed by atoms with Crippen LogP contribution in [0.1, 0.15) is 34.5 Å². The number of nitrogens with zero attached hydrogens (tertiary/aromatic N) is 6. The van der Waals surface area contributed by atoms with Crippen LogP contribution in [0.5, 0.6) is 11.5 Å². The van der Waals surface area contributed by atoms with Gasteiger partial charge in [-0.1, -0.05) is 10.4 Å². The highest BCUT2D eigenvalue weighted by molar-refractivity contribution is 5.92. The van der Waals surface area contributed by atoms with Crippen molar-refractivity contribution in [3.05, 3.63) is 77.2 Å². The predicted octanol–water partition coefficient (Wildman–Crippen LogP) is 3.34. The van der Waals surface area contributed by atoms with Crippen LogP contribution in [-0.4, -0.2) is 53.3 Å². The molecule has 2 amide bonds. The zero-order valence-electron chi connectivity index (χ0n) is 21.6. The van der Waals surface area contributed by atoms with Gasteiger partial charge < -0.3 is 20.5 Å². The number of amides is 2. The van der Waals surface area contributed by atoms with Gasteiger partial charge in [-0.05, 0) is 49.2 Å². The number of ether oxygens (including phenoxy) is 1. The molecule has 222 valence electrons. The van der Waals surface area contributed by atoms with Gasteiger partial charge in [0.25, 0.3) is 5.91 Å². The Kier molecular flexibility index (Phi) is 9.28. The van der Waals surface area contributed by atoms with Crippen molar-refractivity contribution >= 4 is 17.6 Å². The van der Waals surface area contributed by atoms with Crippen molar-refractivity contribution in [2.75, 3.05) is 5.32 Å². The summed E-state index contributed by atoms with van der Waals surface area (Å²) in [6.07, 6.45) is -1.43. The molecule has 12 nitrogen and oxygen atoms in total. The number of alkyl halides is 3. The molecule has 0 aliphatic rings. The van der Waals surface area contributed by atoms with Gasteiger partial charge in [0, 0.05) is 30.8 Å². The second-order valence-corrected chi connectivity index (χ2v) is 8.93. The number of hydrogen-bond donors (Lipinski definition) is 3. The highest BCUT2D eigenvalue weighted by atomic mass is 19.4. The standard InChI is InChI=1S/C25H23F5N8O4/c26-19-6-4-18(42-25(28,29)30)10-15(19)11-23(40)32-22-14-38(36-34-22)8-2-1-7-37-13-21(33-35-37)24(41)31-12-16-9-17(39)3-5-20(16)27/h3-6,9-10,13-14,39H,1-2,7-8,11-12H2,(H,31,41)(H,32,40). The average Bonchev–Trinajstić information content (AvgIpc) is 3.58.